The molecule has 2 aliphatic rings. The smallest absolute Gasteiger partial charge is 0.246 e. The van der Waals surface area contributed by atoms with E-state index in [1.54, 1.807) is 30.3 Å². The standard InChI is InChI=1S/C23H28N2O5S2/c26-22(23(14-5-6-15-23)31(27,28)20-11-3-1-4-12-20)24-19-10-9-13-21(18-19)32(29,30)25-16-7-2-8-17-25/h1,3-4,9-13,18H,2,5-8,14-17H2,(H,24,26). The summed E-state index contributed by atoms with van der Waals surface area (Å²) in [6.45, 7) is 0.967. The molecule has 1 saturated carbocycles. The van der Waals surface area contributed by atoms with Crippen LogP contribution in [0, 0.1) is 0 Å². The van der Waals surface area contributed by atoms with Gasteiger partial charge in [0.25, 0.3) is 0 Å². The number of nitrogens with one attached hydrogen (secondary N) is 1. The average Bonchev–Trinajstić information content (AvgIpc) is 3.33. The molecular weight excluding hydrogens is 448 g/mol. The Labute approximate surface area is 189 Å². The van der Waals surface area contributed by atoms with E-state index >= 15 is 0 Å². The zero-order valence-electron chi connectivity index (χ0n) is 17.9. The Kier molecular flexibility index (Phi) is 6.42. The number of sulfone groups is 1. The van der Waals surface area contributed by atoms with E-state index in [-0.39, 0.29) is 28.3 Å². The molecule has 2 fully saturated rings. The second-order valence-electron chi connectivity index (χ2n) is 8.46. The molecule has 0 aromatic heterocycles. The normalized spacial score (nSPS) is 19.5. The Bertz CT molecular complexity index is 1180. The highest BCUT2D eigenvalue weighted by atomic mass is 32.2. The number of rotatable bonds is 6. The molecule has 1 heterocycles. The largest absolute Gasteiger partial charge is 0.325 e. The van der Waals surface area contributed by atoms with E-state index in [0.717, 1.165) is 19.3 Å². The van der Waals surface area contributed by atoms with Crippen molar-refractivity contribution in [2.24, 2.45) is 0 Å². The Morgan fingerprint density at radius 3 is 2.06 bits per heavy atom. The number of hydrogen-bond acceptors (Lipinski definition) is 5. The molecule has 1 aliphatic heterocycles. The van der Waals surface area contributed by atoms with Gasteiger partial charge in [-0.15, -0.1) is 0 Å². The van der Waals surface area contributed by atoms with Gasteiger partial charge in [-0.2, -0.15) is 4.31 Å². The highest BCUT2D eigenvalue weighted by Gasteiger charge is 2.53. The summed E-state index contributed by atoms with van der Waals surface area (Å²) in [6.07, 6.45) is 4.43. The molecule has 2 aromatic carbocycles. The predicted octanol–water partition coefficient (Wildman–Crippen LogP) is 3.59. The average molecular weight is 477 g/mol. The van der Waals surface area contributed by atoms with Crippen LogP contribution in [-0.2, 0) is 24.7 Å². The molecule has 0 unspecified atom stereocenters. The number of sulfonamides is 1. The number of carbonyl (C=O) groups is 1. The van der Waals surface area contributed by atoms with Crippen molar-refractivity contribution in [3.8, 4) is 0 Å². The van der Waals surface area contributed by atoms with Crippen molar-refractivity contribution >= 4 is 31.5 Å². The summed E-state index contributed by atoms with van der Waals surface area (Å²) in [4.78, 5) is 13.6. The first-order valence-corrected chi connectivity index (χ1v) is 13.9. The highest BCUT2D eigenvalue weighted by molar-refractivity contribution is 7.93. The second kappa shape index (κ2) is 8.96. The molecule has 0 bridgehead atoms. The number of nitrogens with zero attached hydrogens (tertiary/aromatic N) is 1. The first-order chi connectivity index (χ1) is 15.3. The molecule has 172 valence electrons. The first-order valence-electron chi connectivity index (χ1n) is 11.0. The molecule has 1 saturated heterocycles. The van der Waals surface area contributed by atoms with Gasteiger partial charge in [-0.1, -0.05) is 43.5 Å². The van der Waals surface area contributed by atoms with Crippen LogP contribution in [0.2, 0.25) is 0 Å². The van der Waals surface area contributed by atoms with Crippen LogP contribution in [0.5, 0.6) is 0 Å². The van der Waals surface area contributed by atoms with Gasteiger partial charge in [-0.3, -0.25) is 4.79 Å². The van der Waals surface area contributed by atoms with Gasteiger partial charge in [0.05, 0.1) is 9.79 Å². The molecular formula is C23H28N2O5S2. The van der Waals surface area contributed by atoms with E-state index in [9.17, 15) is 21.6 Å². The van der Waals surface area contributed by atoms with Crippen molar-refractivity contribution < 1.29 is 21.6 Å². The minimum atomic E-state index is -3.91. The lowest BCUT2D eigenvalue weighted by Gasteiger charge is -2.28. The van der Waals surface area contributed by atoms with Crippen molar-refractivity contribution in [2.45, 2.75) is 59.5 Å². The third-order valence-electron chi connectivity index (χ3n) is 6.44. The maximum Gasteiger partial charge on any atom is 0.246 e. The molecule has 0 atom stereocenters. The SMILES string of the molecule is O=C(Nc1cccc(S(=O)(=O)N2CCCCC2)c1)C1(S(=O)(=O)c2ccccc2)CCCC1. The van der Waals surface area contributed by atoms with Gasteiger partial charge in [0.15, 0.2) is 14.6 Å². The first kappa shape index (κ1) is 22.9. The van der Waals surface area contributed by atoms with Gasteiger partial charge < -0.3 is 5.32 Å². The third kappa shape index (κ3) is 4.09. The monoisotopic (exact) mass is 476 g/mol. The highest BCUT2D eigenvalue weighted by Crippen LogP contribution is 2.41. The van der Waals surface area contributed by atoms with E-state index in [0.29, 0.717) is 25.9 Å². The Balaban J connectivity index is 1.62. The molecule has 0 spiro atoms. The van der Waals surface area contributed by atoms with E-state index in [1.165, 1.54) is 28.6 Å². The van der Waals surface area contributed by atoms with E-state index in [4.69, 9.17) is 0 Å². The lowest BCUT2D eigenvalue weighted by molar-refractivity contribution is -0.118. The summed E-state index contributed by atoms with van der Waals surface area (Å²) in [5.41, 5.74) is 0.280. The predicted molar refractivity (Wildman–Crippen MR) is 123 cm³/mol. The van der Waals surface area contributed by atoms with Crippen LogP contribution >= 0.6 is 0 Å². The van der Waals surface area contributed by atoms with Crippen molar-refractivity contribution in [1.29, 1.82) is 0 Å². The van der Waals surface area contributed by atoms with Crippen molar-refractivity contribution in [1.82, 2.24) is 4.31 Å². The fourth-order valence-electron chi connectivity index (χ4n) is 4.62. The molecule has 32 heavy (non-hydrogen) atoms. The van der Waals surface area contributed by atoms with Gasteiger partial charge in [-0.25, -0.2) is 16.8 Å². The van der Waals surface area contributed by atoms with Crippen LogP contribution in [0.4, 0.5) is 5.69 Å². The number of amides is 1. The summed E-state index contributed by atoms with van der Waals surface area (Å²) < 4.78 is 52.8. The number of anilines is 1. The number of piperidine rings is 1. The van der Waals surface area contributed by atoms with Crippen molar-refractivity contribution in [2.75, 3.05) is 18.4 Å². The molecule has 1 aliphatic carbocycles. The van der Waals surface area contributed by atoms with E-state index in [1.807, 2.05) is 0 Å². The van der Waals surface area contributed by atoms with Crippen LogP contribution in [-0.4, -0.2) is 44.9 Å². The van der Waals surface area contributed by atoms with Crippen LogP contribution in [0.15, 0.2) is 64.4 Å². The third-order valence-corrected chi connectivity index (χ3v) is 10.8. The maximum atomic E-state index is 13.5. The number of carbonyl (C=O) groups excluding carboxylic acids is 1. The van der Waals surface area contributed by atoms with Crippen LogP contribution in [0.1, 0.15) is 44.9 Å². The summed E-state index contributed by atoms with van der Waals surface area (Å²) in [6, 6.07) is 14.1. The fraction of sp³-hybridized carbons (Fsp3) is 0.435. The number of benzene rings is 2. The maximum absolute atomic E-state index is 13.5. The Morgan fingerprint density at radius 1 is 0.781 bits per heavy atom. The van der Waals surface area contributed by atoms with E-state index < -0.39 is 30.5 Å². The van der Waals surface area contributed by atoms with E-state index in [2.05, 4.69) is 5.32 Å². The lowest BCUT2D eigenvalue weighted by atomic mass is 10.1. The molecule has 1 amide bonds. The molecule has 4 rings (SSSR count). The Morgan fingerprint density at radius 2 is 1.41 bits per heavy atom. The topological polar surface area (TPSA) is 101 Å². The quantitative estimate of drug-likeness (QED) is 0.687. The van der Waals surface area contributed by atoms with Gasteiger partial charge >= 0.3 is 0 Å². The van der Waals surface area contributed by atoms with Crippen LogP contribution < -0.4 is 5.32 Å². The molecule has 0 radical (unpaired) electrons. The van der Waals surface area contributed by atoms with Crippen molar-refractivity contribution in [3.63, 3.8) is 0 Å². The summed E-state index contributed by atoms with van der Waals surface area (Å²) in [7, 11) is -7.58. The molecule has 7 nitrogen and oxygen atoms in total. The van der Waals surface area contributed by atoms with Gasteiger partial charge in [-0.05, 0) is 56.0 Å². The molecule has 1 N–H and O–H groups in total. The van der Waals surface area contributed by atoms with Crippen molar-refractivity contribution in [3.05, 3.63) is 54.6 Å². The Hall–Kier alpha value is -2.23. The van der Waals surface area contributed by atoms with Gasteiger partial charge in [0, 0.05) is 18.8 Å². The van der Waals surface area contributed by atoms with Gasteiger partial charge in [0.1, 0.15) is 0 Å². The zero-order valence-corrected chi connectivity index (χ0v) is 19.5. The zero-order chi connectivity index (χ0) is 22.8. The second-order valence-corrected chi connectivity index (χ2v) is 12.7. The summed E-state index contributed by atoms with van der Waals surface area (Å²) in [5, 5.41) is 2.71. The molecule has 9 heteroatoms. The van der Waals surface area contributed by atoms with Gasteiger partial charge in [0.2, 0.25) is 15.9 Å². The summed E-state index contributed by atoms with van der Waals surface area (Å²) >= 11 is 0. The minimum Gasteiger partial charge on any atom is -0.325 e. The lowest BCUT2D eigenvalue weighted by Crippen LogP contribution is -2.47. The molecule has 2 aromatic rings. The van der Waals surface area contributed by atoms with Crippen LogP contribution in [0.25, 0.3) is 0 Å². The summed E-state index contributed by atoms with van der Waals surface area (Å²) in [5.74, 6) is -0.605. The minimum absolute atomic E-state index is 0.101. The number of hydrogen-bond donors (Lipinski definition) is 1. The van der Waals surface area contributed by atoms with Crippen LogP contribution in [0.3, 0.4) is 0 Å². The fourth-order valence-corrected chi connectivity index (χ4v) is 8.27.